The van der Waals surface area contributed by atoms with Crippen molar-refractivity contribution in [2.24, 2.45) is 0 Å². The Bertz CT molecular complexity index is 418. The number of carbonyl (C=O) groups excluding carboxylic acids is 1. The predicted octanol–water partition coefficient (Wildman–Crippen LogP) is 2.71. The summed E-state index contributed by atoms with van der Waals surface area (Å²) >= 11 is 3.40. The molecular formula is C14H18BrNO2. The number of benzene rings is 1. The lowest BCUT2D eigenvalue weighted by molar-refractivity contribution is -0.134. The monoisotopic (exact) mass is 311 g/mol. The molecule has 1 amide bonds. The third-order valence-electron chi connectivity index (χ3n) is 3.43. The lowest BCUT2D eigenvalue weighted by Crippen LogP contribution is -2.45. The summed E-state index contributed by atoms with van der Waals surface area (Å²) in [6, 6.07) is 7.36. The molecule has 1 saturated carbocycles. The number of aromatic hydroxyl groups is 1. The van der Waals surface area contributed by atoms with Crippen molar-refractivity contribution in [2.75, 3.05) is 11.9 Å². The van der Waals surface area contributed by atoms with Crippen molar-refractivity contribution in [2.45, 2.75) is 31.7 Å². The Morgan fingerprint density at radius 1 is 1.44 bits per heavy atom. The van der Waals surface area contributed by atoms with Crippen LogP contribution in [0.3, 0.4) is 0 Å². The normalized spacial score (nSPS) is 15.2. The molecule has 1 N–H and O–H groups in total. The van der Waals surface area contributed by atoms with Crippen molar-refractivity contribution < 1.29 is 9.90 Å². The van der Waals surface area contributed by atoms with Gasteiger partial charge in [-0.3, -0.25) is 4.79 Å². The van der Waals surface area contributed by atoms with Crippen LogP contribution in [0.2, 0.25) is 0 Å². The molecule has 1 aliphatic carbocycles. The molecule has 0 spiro atoms. The number of alkyl halides is 1. The molecule has 1 aromatic rings. The minimum Gasteiger partial charge on any atom is -0.508 e. The van der Waals surface area contributed by atoms with Crippen LogP contribution in [-0.4, -0.2) is 33.8 Å². The van der Waals surface area contributed by atoms with E-state index >= 15 is 0 Å². The first-order chi connectivity index (χ1) is 8.70. The highest BCUT2D eigenvalue weighted by molar-refractivity contribution is 9.09. The molecule has 1 fully saturated rings. The third-order valence-corrected chi connectivity index (χ3v) is 3.78. The molecule has 18 heavy (non-hydrogen) atoms. The molecule has 0 radical (unpaired) electrons. The average Bonchev–Trinajstić information content (AvgIpc) is 2.26. The van der Waals surface area contributed by atoms with Gasteiger partial charge in [-0.25, -0.2) is 0 Å². The van der Waals surface area contributed by atoms with E-state index in [4.69, 9.17) is 0 Å². The Labute approximate surface area is 116 Å². The van der Waals surface area contributed by atoms with E-state index in [2.05, 4.69) is 15.9 Å². The third kappa shape index (κ3) is 3.25. The number of carbonyl (C=O) groups is 1. The standard InChI is InChI=1S/C14H18BrNO2/c15-7-8-16(12-4-2-5-12)14(18)10-11-3-1-6-13(17)9-11/h1,3,6,9,12,17H,2,4-5,7-8,10H2. The Hall–Kier alpha value is -1.03. The smallest absolute Gasteiger partial charge is 0.227 e. The molecule has 0 saturated heterocycles. The van der Waals surface area contributed by atoms with Gasteiger partial charge in [0.15, 0.2) is 0 Å². The van der Waals surface area contributed by atoms with Crippen LogP contribution in [0.15, 0.2) is 24.3 Å². The summed E-state index contributed by atoms with van der Waals surface area (Å²) in [4.78, 5) is 14.2. The number of hydrogen-bond acceptors (Lipinski definition) is 2. The summed E-state index contributed by atoms with van der Waals surface area (Å²) in [5.41, 5.74) is 0.874. The van der Waals surface area contributed by atoms with Gasteiger partial charge in [-0.05, 0) is 37.0 Å². The Balaban J connectivity index is 2.00. The van der Waals surface area contributed by atoms with Crippen molar-refractivity contribution in [3.05, 3.63) is 29.8 Å². The van der Waals surface area contributed by atoms with Crippen molar-refractivity contribution in [1.29, 1.82) is 0 Å². The van der Waals surface area contributed by atoms with Gasteiger partial charge in [-0.2, -0.15) is 0 Å². The lowest BCUT2D eigenvalue weighted by atomic mass is 9.91. The van der Waals surface area contributed by atoms with Crippen LogP contribution in [0.25, 0.3) is 0 Å². The van der Waals surface area contributed by atoms with Gasteiger partial charge in [-0.1, -0.05) is 28.1 Å². The maximum atomic E-state index is 12.3. The maximum Gasteiger partial charge on any atom is 0.227 e. The van der Waals surface area contributed by atoms with Crippen LogP contribution in [0.5, 0.6) is 5.75 Å². The first-order valence-electron chi connectivity index (χ1n) is 6.34. The summed E-state index contributed by atoms with van der Waals surface area (Å²) < 4.78 is 0. The van der Waals surface area contributed by atoms with E-state index in [1.807, 2.05) is 11.0 Å². The zero-order valence-corrected chi connectivity index (χ0v) is 11.9. The van der Waals surface area contributed by atoms with Gasteiger partial charge in [0.25, 0.3) is 0 Å². The lowest BCUT2D eigenvalue weighted by Gasteiger charge is -2.37. The number of halogens is 1. The van der Waals surface area contributed by atoms with Crippen LogP contribution >= 0.6 is 15.9 Å². The van der Waals surface area contributed by atoms with Gasteiger partial charge < -0.3 is 10.0 Å². The molecule has 3 nitrogen and oxygen atoms in total. The zero-order chi connectivity index (χ0) is 13.0. The van der Waals surface area contributed by atoms with E-state index in [0.717, 1.165) is 30.3 Å². The summed E-state index contributed by atoms with van der Waals surface area (Å²) in [6.07, 6.45) is 3.85. The minimum atomic E-state index is 0.157. The summed E-state index contributed by atoms with van der Waals surface area (Å²) in [5.74, 6) is 0.376. The number of amides is 1. The highest BCUT2D eigenvalue weighted by atomic mass is 79.9. The number of nitrogens with zero attached hydrogens (tertiary/aromatic N) is 1. The van der Waals surface area contributed by atoms with E-state index in [0.29, 0.717) is 12.5 Å². The Kier molecular flexibility index (Phi) is 4.64. The molecule has 98 valence electrons. The van der Waals surface area contributed by atoms with Crippen LogP contribution in [-0.2, 0) is 11.2 Å². The van der Waals surface area contributed by atoms with Crippen molar-refractivity contribution in [3.8, 4) is 5.75 Å². The van der Waals surface area contributed by atoms with Crippen LogP contribution < -0.4 is 0 Å². The summed E-state index contributed by atoms with van der Waals surface area (Å²) in [6.45, 7) is 0.766. The van der Waals surface area contributed by atoms with E-state index in [-0.39, 0.29) is 11.7 Å². The summed E-state index contributed by atoms with van der Waals surface area (Å²) in [7, 11) is 0. The fraction of sp³-hybridized carbons (Fsp3) is 0.500. The molecule has 2 rings (SSSR count). The molecule has 0 bridgehead atoms. The van der Waals surface area contributed by atoms with Gasteiger partial charge >= 0.3 is 0 Å². The van der Waals surface area contributed by atoms with Crippen molar-refractivity contribution in [3.63, 3.8) is 0 Å². The number of rotatable bonds is 5. The van der Waals surface area contributed by atoms with Gasteiger partial charge in [0.1, 0.15) is 5.75 Å². The number of phenolic OH excluding ortho intramolecular Hbond substituents is 1. The molecule has 0 aromatic heterocycles. The van der Waals surface area contributed by atoms with Crippen LogP contribution in [0, 0.1) is 0 Å². The topological polar surface area (TPSA) is 40.5 Å². The minimum absolute atomic E-state index is 0.157. The fourth-order valence-electron chi connectivity index (χ4n) is 2.24. The van der Waals surface area contributed by atoms with Gasteiger partial charge in [0, 0.05) is 17.9 Å². The molecule has 0 aliphatic heterocycles. The molecular weight excluding hydrogens is 294 g/mol. The van der Waals surface area contributed by atoms with Gasteiger partial charge in [-0.15, -0.1) is 0 Å². The predicted molar refractivity (Wildman–Crippen MR) is 75.0 cm³/mol. The average molecular weight is 312 g/mol. The zero-order valence-electron chi connectivity index (χ0n) is 10.3. The Morgan fingerprint density at radius 2 is 2.22 bits per heavy atom. The fourth-order valence-corrected chi connectivity index (χ4v) is 2.63. The second kappa shape index (κ2) is 6.23. The Morgan fingerprint density at radius 3 is 2.78 bits per heavy atom. The number of hydrogen-bond donors (Lipinski definition) is 1. The maximum absolute atomic E-state index is 12.3. The molecule has 0 atom stereocenters. The van der Waals surface area contributed by atoms with Gasteiger partial charge in [0.05, 0.1) is 6.42 Å². The largest absolute Gasteiger partial charge is 0.508 e. The number of phenols is 1. The highest BCUT2D eigenvalue weighted by Crippen LogP contribution is 2.25. The molecule has 1 aromatic carbocycles. The van der Waals surface area contributed by atoms with E-state index < -0.39 is 0 Å². The molecule has 0 heterocycles. The van der Waals surface area contributed by atoms with Crippen molar-refractivity contribution >= 4 is 21.8 Å². The quantitative estimate of drug-likeness (QED) is 0.849. The molecule has 4 heteroatoms. The molecule has 1 aliphatic rings. The van der Waals surface area contributed by atoms with Crippen molar-refractivity contribution in [1.82, 2.24) is 4.90 Å². The highest BCUT2D eigenvalue weighted by Gasteiger charge is 2.27. The van der Waals surface area contributed by atoms with E-state index in [1.54, 1.807) is 18.2 Å². The SMILES string of the molecule is O=C(Cc1cccc(O)c1)N(CCBr)C1CCC1. The van der Waals surface area contributed by atoms with Gasteiger partial charge in [0.2, 0.25) is 5.91 Å². The molecule has 0 unspecified atom stereocenters. The van der Waals surface area contributed by atoms with Crippen LogP contribution in [0.4, 0.5) is 0 Å². The summed E-state index contributed by atoms with van der Waals surface area (Å²) in [5, 5.41) is 10.2. The first kappa shape index (κ1) is 13.4. The van der Waals surface area contributed by atoms with E-state index in [1.165, 1.54) is 6.42 Å². The second-order valence-electron chi connectivity index (χ2n) is 4.71. The van der Waals surface area contributed by atoms with E-state index in [9.17, 15) is 9.90 Å². The second-order valence-corrected chi connectivity index (χ2v) is 5.50. The first-order valence-corrected chi connectivity index (χ1v) is 7.46. The van der Waals surface area contributed by atoms with Crippen LogP contribution in [0.1, 0.15) is 24.8 Å².